The molecule has 1 aliphatic rings. The monoisotopic (exact) mass is 602 g/mol. The smallest absolute Gasteiger partial charge is 0.407 e. The second-order valence-corrected chi connectivity index (χ2v) is 12.4. The largest absolute Gasteiger partial charge is 0.453 e. The quantitative estimate of drug-likeness (QED) is 0.213. The zero-order chi connectivity index (χ0) is 31.9. The summed E-state index contributed by atoms with van der Waals surface area (Å²) in [4.78, 5) is 39.8. The minimum atomic E-state index is -2.03. The Labute approximate surface area is 258 Å². The molecular weight excluding hydrogens is 560 g/mol. The van der Waals surface area contributed by atoms with Crippen LogP contribution in [-0.4, -0.2) is 64.5 Å². The predicted octanol–water partition coefficient (Wildman–Crippen LogP) is 3.04. The Morgan fingerprint density at radius 3 is 2.14 bits per heavy atom. The van der Waals surface area contributed by atoms with Crippen LogP contribution >= 0.6 is 0 Å². The highest BCUT2D eigenvalue weighted by molar-refractivity contribution is 5.87. The van der Waals surface area contributed by atoms with Gasteiger partial charge in [0, 0.05) is 19.4 Å². The molecule has 0 saturated carbocycles. The predicted molar refractivity (Wildman–Crippen MR) is 166 cm³/mol. The molecule has 0 heterocycles. The van der Waals surface area contributed by atoms with Crippen LogP contribution in [0.3, 0.4) is 0 Å². The number of benzene rings is 3. The highest BCUT2D eigenvalue weighted by atomic mass is 16.5. The van der Waals surface area contributed by atoms with Gasteiger partial charge >= 0.3 is 6.09 Å². The topological polar surface area (TPSA) is 140 Å². The van der Waals surface area contributed by atoms with E-state index < -0.39 is 47.1 Å². The van der Waals surface area contributed by atoms with Crippen LogP contribution < -0.4 is 16.1 Å². The SMILES string of the molecule is COC(=O)NC(C(=O)NN(Cc1ccccc1)C[C@@](O)(Cc1ccccc1)C(=O)NC1c2ccccc2CC1O)C(C)(C)C. The van der Waals surface area contributed by atoms with E-state index in [4.69, 9.17) is 4.74 Å². The summed E-state index contributed by atoms with van der Waals surface area (Å²) >= 11 is 0. The number of hydrazine groups is 1. The first-order valence-corrected chi connectivity index (χ1v) is 14.7. The Morgan fingerprint density at radius 1 is 0.932 bits per heavy atom. The van der Waals surface area contributed by atoms with Crippen LogP contribution in [0.25, 0.3) is 0 Å². The van der Waals surface area contributed by atoms with Gasteiger partial charge in [0.25, 0.3) is 11.8 Å². The molecule has 44 heavy (non-hydrogen) atoms. The van der Waals surface area contributed by atoms with Gasteiger partial charge in [-0.3, -0.25) is 15.0 Å². The van der Waals surface area contributed by atoms with E-state index in [1.165, 1.54) is 12.1 Å². The van der Waals surface area contributed by atoms with Crippen molar-refractivity contribution in [2.75, 3.05) is 13.7 Å². The van der Waals surface area contributed by atoms with Crippen molar-refractivity contribution in [2.45, 2.75) is 63.9 Å². The molecule has 4 atom stereocenters. The number of ether oxygens (including phenoxy) is 1. The standard InChI is InChI=1S/C34H42N4O6/c1-33(2,3)29(36-32(42)44-4)30(40)37-38(21-24-15-9-6-10-16-24)22-34(43,20-23-13-7-5-8-14-23)31(41)35-28-26-18-12-11-17-25(26)19-27(28)39/h5-18,27-29,39,43H,19-22H2,1-4H3,(H,35,41)(H,36,42)(H,37,40)/t27?,28?,29?,34-/m0/s1. The maximum atomic E-state index is 14.0. The zero-order valence-electron chi connectivity index (χ0n) is 25.6. The summed E-state index contributed by atoms with van der Waals surface area (Å²) in [6.07, 6.45) is -1.29. The van der Waals surface area contributed by atoms with Gasteiger partial charge in [0.1, 0.15) is 6.04 Å². The second kappa shape index (κ2) is 14.0. The van der Waals surface area contributed by atoms with Crippen molar-refractivity contribution >= 4 is 17.9 Å². The average molecular weight is 603 g/mol. The summed E-state index contributed by atoms with van der Waals surface area (Å²) in [5.41, 5.74) is 3.39. The Kier molecular flexibility index (Phi) is 10.4. The number of fused-ring (bicyclic) bond motifs is 1. The van der Waals surface area contributed by atoms with Crippen molar-refractivity contribution in [2.24, 2.45) is 5.41 Å². The van der Waals surface area contributed by atoms with Crippen molar-refractivity contribution in [3.63, 3.8) is 0 Å². The van der Waals surface area contributed by atoms with E-state index in [2.05, 4.69) is 16.1 Å². The van der Waals surface area contributed by atoms with Crippen molar-refractivity contribution in [3.05, 3.63) is 107 Å². The molecule has 3 amide bonds. The Hall–Kier alpha value is -4.25. The normalized spacial score (nSPS) is 18.1. The number of aliphatic hydroxyl groups excluding tert-OH is 1. The summed E-state index contributed by atoms with van der Waals surface area (Å²) < 4.78 is 4.75. The fourth-order valence-electron chi connectivity index (χ4n) is 5.49. The molecule has 1 aliphatic carbocycles. The lowest BCUT2D eigenvalue weighted by atomic mass is 9.86. The molecule has 3 aromatic rings. The number of nitrogens with zero attached hydrogens (tertiary/aromatic N) is 1. The number of hydrogen-bond acceptors (Lipinski definition) is 7. The Morgan fingerprint density at radius 2 is 1.52 bits per heavy atom. The number of carbonyl (C=O) groups is 3. The molecule has 234 valence electrons. The third kappa shape index (κ3) is 8.22. The Balaban J connectivity index is 1.66. The molecule has 0 fully saturated rings. The van der Waals surface area contributed by atoms with E-state index in [9.17, 15) is 24.6 Å². The molecule has 0 radical (unpaired) electrons. The van der Waals surface area contributed by atoms with E-state index in [1.54, 1.807) is 20.8 Å². The lowest BCUT2D eigenvalue weighted by molar-refractivity contribution is -0.147. The first-order valence-electron chi connectivity index (χ1n) is 14.7. The number of rotatable bonds is 11. The van der Waals surface area contributed by atoms with E-state index in [0.717, 1.165) is 16.7 Å². The van der Waals surface area contributed by atoms with Gasteiger partial charge < -0.3 is 25.6 Å². The second-order valence-electron chi connectivity index (χ2n) is 12.4. The molecule has 3 aromatic carbocycles. The summed E-state index contributed by atoms with van der Waals surface area (Å²) in [5.74, 6) is -1.23. The number of methoxy groups -OCH3 is 1. The van der Waals surface area contributed by atoms with Gasteiger partial charge in [-0.2, -0.15) is 0 Å². The minimum absolute atomic E-state index is 0.0611. The van der Waals surface area contributed by atoms with Crippen LogP contribution in [0.5, 0.6) is 0 Å². The third-order valence-corrected chi connectivity index (χ3v) is 7.77. The molecule has 0 spiro atoms. The first-order chi connectivity index (χ1) is 20.9. The fraction of sp³-hybridized carbons (Fsp3) is 0.382. The van der Waals surface area contributed by atoms with Gasteiger partial charge in [-0.1, -0.05) is 106 Å². The molecule has 0 aliphatic heterocycles. The van der Waals surface area contributed by atoms with Gasteiger partial charge in [-0.25, -0.2) is 9.80 Å². The molecule has 0 aromatic heterocycles. The molecule has 5 N–H and O–H groups in total. The van der Waals surface area contributed by atoms with Crippen LogP contribution in [-0.2, 0) is 33.7 Å². The molecule has 0 saturated heterocycles. The maximum absolute atomic E-state index is 14.0. The van der Waals surface area contributed by atoms with E-state index in [1.807, 2.05) is 84.9 Å². The van der Waals surface area contributed by atoms with Gasteiger partial charge in [-0.15, -0.1) is 0 Å². The molecule has 10 heteroatoms. The number of amides is 3. The van der Waals surface area contributed by atoms with E-state index in [-0.39, 0.29) is 19.5 Å². The number of hydrogen-bond donors (Lipinski definition) is 5. The summed E-state index contributed by atoms with van der Waals surface area (Å²) in [5, 5.41) is 30.0. The van der Waals surface area contributed by atoms with E-state index in [0.29, 0.717) is 12.0 Å². The Bertz CT molecular complexity index is 1430. The summed E-state index contributed by atoms with van der Waals surface area (Å²) in [6.45, 7) is 5.27. The summed E-state index contributed by atoms with van der Waals surface area (Å²) in [6, 6.07) is 24.2. The number of aliphatic hydroxyl groups is 2. The van der Waals surface area contributed by atoms with Gasteiger partial charge in [0.05, 0.1) is 25.8 Å². The van der Waals surface area contributed by atoms with Crippen molar-refractivity contribution < 1.29 is 29.3 Å². The lowest BCUT2D eigenvalue weighted by Crippen LogP contribution is -2.62. The highest BCUT2D eigenvalue weighted by Gasteiger charge is 2.43. The van der Waals surface area contributed by atoms with Crippen LogP contribution in [0.15, 0.2) is 84.9 Å². The molecule has 3 unspecified atom stereocenters. The summed E-state index contributed by atoms with van der Waals surface area (Å²) in [7, 11) is 1.22. The minimum Gasteiger partial charge on any atom is -0.453 e. The number of carbonyl (C=O) groups excluding carboxylic acids is 3. The van der Waals surface area contributed by atoms with Crippen molar-refractivity contribution in [1.29, 1.82) is 0 Å². The van der Waals surface area contributed by atoms with Crippen LogP contribution in [0.4, 0.5) is 4.79 Å². The molecule has 0 bridgehead atoms. The van der Waals surface area contributed by atoms with Crippen molar-refractivity contribution in [1.82, 2.24) is 21.1 Å². The van der Waals surface area contributed by atoms with Gasteiger partial charge in [-0.05, 0) is 27.7 Å². The van der Waals surface area contributed by atoms with Crippen molar-refractivity contribution in [3.8, 4) is 0 Å². The zero-order valence-corrected chi connectivity index (χ0v) is 25.6. The number of nitrogens with one attached hydrogen (secondary N) is 3. The maximum Gasteiger partial charge on any atom is 0.407 e. The highest BCUT2D eigenvalue weighted by Crippen LogP contribution is 2.32. The third-order valence-electron chi connectivity index (χ3n) is 7.77. The molecular formula is C34H42N4O6. The average Bonchev–Trinajstić information content (AvgIpc) is 3.30. The number of alkyl carbamates (subject to hydrolysis) is 1. The molecule has 10 nitrogen and oxygen atoms in total. The van der Waals surface area contributed by atoms with Gasteiger partial charge in [0.15, 0.2) is 5.60 Å². The van der Waals surface area contributed by atoms with Crippen LogP contribution in [0, 0.1) is 5.41 Å². The van der Waals surface area contributed by atoms with Crippen LogP contribution in [0.2, 0.25) is 0 Å². The lowest BCUT2D eigenvalue weighted by Gasteiger charge is -2.37. The molecule has 4 rings (SSSR count). The first kappa shape index (κ1) is 32.7. The van der Waals surface area contributed by atoms with Crippen LogP contribution in [0.1, 0.15) is 49.1 Å². The fourth-order valence-corrected chi connectivity index (χ4v) is 5.49. The van der Waals surface area contributed by atoms with Gasteiger partial charge in [0.2, 0.25) is 0 Å². The van der Waals surface area contributed by atoms with E-state index >= 15 is 0 Å².